The Bertz CT molecular complexity index is 863. The number of rotatable bonds is 6. The average Bonchev–Trinajstić information content (AvgIpc) is 2.65. The molecule has 0 bridgehead atoms. The molecule has 0 radical (unpaired) electrons. The number of anilines is 3. The van der Waals surface area contributed by atoms with Crippen LogP contribution in [0.1, 0.15) is 5.56 Å². The number of carbonyl (C=O) groups is 1. The highest BCUT2D eigenvalue weighted by atomic mass is 19.1. The molecule has 0 aliphatic rings. The highest BCUT2D eigenvalue weighted by Gasteiger charge is 2.05. The fourth-order valence-corrected chi connectivity index (χ4v) is 2.20. The number of nitrogens with one attached hydrogen (secondary N) is 2. The van der Waals surface area contributed by atoms with Gasteiger partial charge in [0.25, 0.3) is 5.91 Å². The summed E-state index contributed by atoms with van der Waals surface area (Å²) in [6.45, 7) is 1.90. The van der Waals surface area contributed by atoms with Crippen LogP contribution in [0.25, 0.3) is 0 Å². The third-order valence-corrected chi connectivity index (χ3v) is 3.55. The highest BCUT2D eigenvalue weighted by molar-refractivity contribution is 5.91. The third kappa shape index (κ3) is 5.04. The van der Waals surface area contributed by atoms with Gasteiger partial charge in [0, 0.05) is 5.69 Å². The maximum Gasteiger partial charge on any atom is 0.262 e. The molecule has 2 N–H and O–H groups in total. The lowest BCUT2D eigenvalue weighted by molar-refractivity contribution is -0.118. The summed E-state index contributed by atoms with van der Waals surface area (Å²) in [5.41, 5.74) is 2.41. The van der Waals surface area contributed by atoms with E-state index < -0.39 is 0 Å². The third-order valence-electron chi connectivity index (χ3n) is 3.55. The molecule has 0 saturated carbocycles. The predicted molar refractivity (Wildman–Crippen MR) is 99.2 cm³/mol. The number of amides is 1. The molecule has 0 spiro atoms. The molecule has 5 nitrogen and oxygen atoms in total. The van der Waals surface area contributed by atoms with E-state index in [-0.39, 0.29) is 18.3 Å². The number of hydrogen-bond acceptors (Lipinski definition) is 4. The van der Waals surface area contributed by atoms with Gasteiger partial charge in [-0.3, -0.25) is 4.79 Å². The van der Waals surface area contributed by atoms with Crippen molar-refractivity contribution in [1.82, 2.24) is 4.98 Å². The summed E-state index contributed by atoms with van der Waals surface area (Å²) >= 11 is 0. The lowest BCUT2D eigenvalue weighted by Crippen LogP contribution is -2.20. The van der Waals surface area contributed by atoms with Crippen molar-refractivity contribution in [2.45, 2.75) is 6.92 Å². The lowest BCUT2D eigenvalue weighted by Gasteiger charge is -2.09. The number of aryl methyl sites for hydroxylation is 1. The van der Waals surface area contributed by atoms with Crippen molar-refractivity contribution in [3.8, 4) is 5.75 Å². The van der Waals surface area contributed by atoms with Crippen LogP contribution in [0.4, 0.5) is 21.6 Å². The molecule has 1 amide bonds. The summed E-state index contributed by atoms with van der Waals surface area (Å²) in [7, 11) is 0. The molecule has 0 atom stereocenters. The first-order chi connectivity index (χ1) is 12.6. The van der Waals surface area contributed by atoms with Gasteiger partial charge in [-0.1, -0.05) is 17.7 Å². The van der Waals surface area contributed by atoms with Crippen LogP contribution in [0.2, 0.25) is 0 Å². The standard InChI is InChI=1S/C20H18FN3O2/c1-14-2-9-18(10-3-14)26-13-20(25)24-17-8-11-19(22-12-17)23-16-6-4-15(21)5-7-16/h2-12H,13H2,1H3,(H,22,23)(H,24,25). The van der Waals surface area contributed by atoms with E-state index in [1.165, 1.54) is 18.3 Å². The van der Waals surface area contributed by atoms with E-state index in [9.17, 15) is 9.18 Å². The van der Waals surface area contributed by atoms with Crippen LogP contribution in [0.5, 0.6) is 5.75 Å². The molecular formula is C20H18FN3O2. The summed E-state index contributed by atoms with van der Waals surface area (Å²) < 4.78 is 18.3. The number of hydrogen-bond donors (Lipinski definition) is 2. The Labute approximate surface area is 150 Å². The summed E-state index contributed by atoms with van der Waals surface area (Å²) in [5.74, 6) is 0.661. The summed E-state index contributed by atoms with van der Waals surface area (Å²) in [5, 5.41) is 5.77. The first-order valence-electron chi connectivity index (χ1n) is 8.06. The minimum atomic E-state index is -0.297. The van der Waals surface area contributed by atoms with Crippen LogP contribution in [-0.2, 0) is 4.79 Å². The zero-order valence-corrected chi connectivity index (χ0v) is 14.2. The van der Waals surface area contributed by atoms with Gasteiger partial charge >= 0.3 is 0 Å². The topological polar surface area (TPSA) is 63.2 Å². The van der Waals surface area contributed by atoms with Crippen LogP contribution >= 0.6 is 0 Å². The van der Waals surface area contributed by atoms with Crippen molar-refractivity contribution in [2.24, 2.45) is 0 Å². The van der Waals surface area contributed by atoms with Crippen molar-refractivity contribution in [2.75, 3.05) is 17.2 Å². The van der Waals surface area contributed by atoms with E-state index in [1.807, 2.05) is 31.2 Å². The first-order valence-corrected chi connectivity index (χ1v) is 8.06. The van der Waals surface area contributed by atoms with Crippen LogP contribution in [0.15, 0.2) is 66.9 Å². The van der Waals surface area contributed by atoms with E-state index in [1.54, 1.807) is 24.3 Å². The SMILES string of the molecule is Cc1ccc(OCC(=O)Nc2ccc(Nc3ccc(F)cc3)nc2)cc1. The van der Waals surface area contributed by atoms with Gasteiger partial charge in [0.05, 0.1) is 11.9 Å². The van der Waals surface area contributed by atoms with E-state index in [4.69, 9.17) is 4.74 Å². The number of ether oxygens (including phenoxy) is 1. The second-order valence-electron chi connectivity index (χ2n) is 5.71. The van der Waals surface area contributed by atoms with E-state index in [0.29, 0.717) is 17.3 Å². The van der Waals surface area contributed by atoms with Gasteiger partial charge in [0.1, 0.15) is 17.4 Å². The minimum Gasteiger partial charge on any atom is -0.484 e. The molecular weight excluding hydrogens is 333 g/mol. The second-order valence-corrected chi connectivity index (χ2v) is 5.71. The Morgan fingerprint density at radius 3 is 2.35 bits per heavy atom. The van der Waals surface area contributed by atoms with Crippen molar-refractivity contribution < 1.29 is 13.9 Å². The van der Waals surface area contributed by atoms with E-state index in [2.05, 4.69) is 15.6 Å². The Morgan fingerprint density at radius 1 is 1.00 bits per heavy atom. The lowest BCUT2D eigenvalue weighted by atomic mass is 10.2. The van der Waals surface area contributed by atoms with Gasteiger partial charge in [-0.25, -0.2) is 9.37 Å². The number of benzene rings is 2. The van der Waals surface area contributed by atoms with Crippen molar-refractivity contribution in [3.63, 3.8) is 0 Å². The Morgan fingerprint density at radius 2 is 1.69 bits per heavy atom. The van der Waals surface area contributed by atoms with Crippen LogP contribution in [-0.4, -0.2) is 17.5 Å². The molecule has 132 valence electrons. The molecule has 1 aromatic heterocycles. The molecule has 6 heteroatoms. The smallest absolute Gasteiger partial charge is 0.262 e. The molecule has 0 aliphatic heterocycles. The van der Waals surface area contributed by atoms with Crippen LogP contribution in [0.3, 0.4) is 0 Å². The molecule has 3 aromatic rings. The summed E-state index contributed by atoms with van der Waals surface area (Å²) in [6, 6.07) is 16.9. The molecule has 0 fully saturated rings. The van der Waals surface area contributed by atoms with Crippen LogP contribution < -0.4 is 15.4 Å². The second kappa shape index (κ2) is 8.11. The predicted octanol–water partition coefficient (Wildman–Crippen LogP) is 4.29. The summed E-state index contributed by atoms with van der Waals surface area (Å²) in [4.78, 5) is 16.2. The van der Waals surface area contributed by atoms with E-state index >= 15 is 0 Å². The molecule has 0 aliphatic carbocycles. The Balaban J connectivity index is 1.50. The summed E-state index contributed by atoms with van der Waals surface area (Å²) in [6.07, 6.45) is 1.54. The van der Waals surface area contributed by atoms with Crippen molar-refractivity contribution in [3.05, 3.63) is 78.2 Å². The highest BCUT2D eigenvalue weighted by Crippen LogP contribution is 2.17. The number of carbonyl (C=O) groups excluding carboxylic acids is 1. The maximum absolute atomic E-state index is 12.9. The number of halogens is 1. The molecule has 1 heterocycles. The van der Waals surface area contributed by atoms with Gasteiger partial charge in [0.2, 0.25) is 0 Å². The Kier molecular flexibility index (Phi) is 5.43. The number of pyridine rings is 1. The number of nitrogens with zero attached hydrogens (tertiary/aromatic N) is 1. The zero-order valence-electron chi connectivity index (χ0n) is 14.2. The van der Waals surface area contributed by atoms with Crippen molar-refractivity contribution in [1.29, 1.82) is 0 Å². The fourth-order valence-electron chi connectivity index (χ4n) is 2.20. The first kappa shape index (κ1) is 17.4. The van der Waals surface area contributed by atoms with E-state index in [0.717, 1.165) is 11.3 Å². The van der Waals surface area contributed by atoms with Crippen molar-refractivity contribution >= 4 is 23.1 Å². The molecule has 2 aromatic carbocycles. The maximum atomic E-state index is 12.9. The molecule has 0 unspecified atom stereocenters. The fraction of sp³-hybridized carbons (Fsp3) is 0.100. The monoisotopic (exact) mass is 351 g/mol. The van der Waals surface area contributed by atoms with Gasteiger partial charge in [-0.15, -0.1) is 0 Å². The normalized spacial score (nSPS) is 10.2. The minimum absolute atomic E-state index is 0.0847. The molecule has 3 rings (SSSR count). The Hall–Kier alpha value is -3.41. The largest absolute Gasteiger partial charge is 0.484 e. The van der Waals surface area contributed by atoms with Gasteiger partial charge < -0.3 is 15.4 Å². The van der Waals surface area contributed by atoms with Gasteiger partial charge in [-0.2, -0.15) is 0 Å². The zero-order chi connectivity index (χ0) is 18.4. The number of aromatic nitrogens is 1. The molecule has 0 saturated heterocycles. The van der Waals surface area contributed by atoms with Crippen LogP contribution in [0, 0.1) is 12.7 Å². The van der Waals surface area contributed by atoms with Gasteiger partial charge in [0.15, 0.2) is 6.61 Å². The van der Waals surface area contributed by atoms with Gasteiger partial charge in [-0.05, 0) is 55.5 Å². The average molecular weight is 351 g/mol. The quantitative estimate of drug-likeness (QED) is 0.695. The molecule has 26 heavy (non-hydrogen) atoms.